The van der Waals surface area contributed by atoms with Crippen LogP contribution in [-0.4, -0.2) is 43.6 Å². The van der Waals surface area contributed by atoms with Crippen LogP contribution in [0.25, 0.3) is 0 Å². The predicted octanol–water partition coefficient (Wildman–Crippen LogP) is 3.60. The SMILES string of the molecule is CCN1C[C@@H](CN(C)C(=O)c2cc3c(s2)CCC3)Oc2ccccc21. The second-order valence-electron chi connectivity index (χ2n) is 6.84. The van der Waals surface area contributed by atoms with Gasteiger partial charge in [-0.25, -0.2) is 0 Å². The zero-order chi connectivity index (χ0) is 17.4. The second kappa shape index (κ2) is 6.71. The Morgan fingerprint density at radius 2 is 2.20 bits per heavy atom. The number of benzene rings is 1. The highest BCUT2D eigenvalue weighted by Crippen LogP contribution is 2.34. The van der Waals surface area contributed by atoms with Crippen LogP contribution in [0.1, 0.15) is 33.5 Å². The minimum atomic E-state index is -0.00407. The van der Waals surface area contributed by atoms with E-state index in [0.29, 0.717) is 6.54 Å². The van der Waals surface area contributed by atoms with Crippen molar-refractivity contribution in [2.24, 2.45) is 0 Å². The third-order valence-electron chi connectivity index (χ3n) is 5.09. The number of carbonyl (C=O) groups excluding carboxylic acids is 1. The summed E-state index contributed by atoms with van der Waals surface area (Å²) in [6, 6.07) is 10.2. The van der Waals surface area contributed by atoms with Gasteiger partial charge in [0.05, 0.1) is 23.7 Å². The van der Waals surface area contributed by atoms with Gasteiger partial charge in [-0.1, -0.05) is 12.1 Å². The summed E-state index contributed by atoms with van der Waals surface area (Å²) in [6.07, 6.45) is 3.48. The van der Waals surface area contributed by atoms with Gasteiger partial charge in [0.2, 0.25) is 0 Å². The number of likely N-dealkylation sites (N-methyl/N-ethyl adjacent to an activating group) is 2. The first-order chi connectivity index (χ1) is 12.2. The van der Waals surface area contributed by atoms with Gasteiger partial charge in [0.15, 0.2) is 0 Å². The van der Waals surface area contributed by atoms with Crippen LogP contribution in [0.15, 0.2) is 30.3 Å². The Hall–Kier alpha value is -2.01. The normalized spacial score (nSPS) is 18.5. The number of rotatable bonds is 4. The van der Waals surface area contributed by atoms with Crippen LogP contribution in [0.4, 0.5) is 5.69 Å². The highest BCUT2D eigenvalue weighted by atomic mass is 32.1. The fourth-order valence-electron chi connectivity index (χ4n) is 3.78. The topological polar surface area (TPSA) is 32.8 Å². The highest BCUT2D eigenvalue weighted by molar-refractivity contribution is 7.14. The van der Waals surface area contributed by atoms with E-state index in [1.165, 1.54) is 16.9 Å². The Balaban J connectivity index is 1.45. The second-order valence-corrected chi connectivity index (χ2v) is 7.98. The average molecular weight is 356 g/mol. The van der Waals surface area contributed by atoms with Crippen LogP contribution in [0.3, 0.4) is 0 Å². The molecular weight excluding hydrogens is 332 g/mol. The summed E-state index contributed by atoms with van der Waals surface area (Å²) in [5.41, 5.74) is 2.52. The molecule has 0 bridgehead atoms. The molecule has 1 atom stereocenters. The van der Waals surface area contributed by atoms with E-state index in [-0.39, 0.29) is 12.0 Å². The molecule has 1 aliphatic carbocycles. The lowest BCUT2D eigenvalue weighted by Gasteiger charge is -2.37. The van der Waals surface area contributed by atoms with Crippen LogP contribution >= 0.6 is 11.3 Å². The monoisotopic (exact) mass is 356 g/mol. The van der Waals surface area contributed by atoms with Crippen LogP contribution < -0.4 is 9.64 Å². The quantitative estimate of drug-likeness (QED) is 0.839. The molecule has 0 spiro atoms. The first-order valence-corrected chi connectivity index (χ1v) is 9.85. The number of ether oxygens (including phenoxy) is 1. The van der Waals surface area contributed by atoms with Gasteiger partial charge in [-0.2, -0.15) is 0 Å². The standard InChI is InChI=1S/C20H24N2O2S/c1-3-22-13-15(24-17-9-5-4-8-16(17)22)12-21(2)20(23)19-11-14-7-6-10-18(14)25-19/h4-5,8-9,11,15H,3,6-7,10,12-13H2,1-2H3/t15-/m1/s1. The smallest absolute Gasteiger partial charge is 0.263 e. The Morgan fingerprint density at radius 3 is 3.00 bits per heavy atom. The van der Waals surface area contributed by atoms with Crippen molar-refractivity contribution in [3.8, 4) is 5.75 Å². The molecule has 4 rings (SSSR count). The summed E-state index contributed by atoms with van der Waals surface area (Å²) in [5.74, 6) is 1.03. The van der Waals surface area contributed by atoms with E-state index in [2.05, 4.69) is 24.0 Å². The lowest BCUT2D eigenvalue weighted by molar-refractivity contribution is 0.0714. The van der Waals surface area contributed by atoms with Gasteiger partial charge in [-0.05, 0) is 49.9 Å². The Bertz CT molecular complexity index is 764. The first-order valence-electron chi connectivity index (χ1n) is 9.03. The average Bonchev–Trinajstić information content (AvgIpc) is 3.22. The maximum atomic E-state index is 12.8. The lowest BCUT2D eigenvalue weighted by Crippen LogP contribution is -2.46. The maximum absolute atomic E-state index is 12.8. The number of para-hydroxylation sites is 2. The molecule has 0 saturated heterocycles. The summed E-state index contributed by atoms with van der Waals surface area (Å²) in [6.45, 7) is 4.51. The van der Waals surface area contributed by atoms with Gasteiger partial charge in [0.1, 0.15) is 11.9 Å². The van der Waals surface area contributed by atoms with Gasteiger partial charge in [-0.15, -0.1) is 11.3 Å². The van der Waals surface area contributed by atoms with E-state index in [1.54, 1.807) is 11.3 Å². The Morgan fingerprint density at radius 1 is 1.36 bits per heavy atom. The number of thiophene rings is 1. The Kier molecular flexibility index (Phi) is 4.42. The number of nitrogens with zero attached hydrogens (tertiary/aromatic N) is 2. The molecular formula is C20H24N2O2S. The summed E-state index contributed by atoms with van der Waals surface area (Å²) >= 11 is 1.67. The predicted molar refractivity (Wildman–Crippen MR) is 102 cm³/mol. The van der Waals surface area contributed by atoms with Crippen LogP contribution in [0, 0.1) is 0 Å². The highest BCUT2D eigenvalue weighted by Gasteiger charge is 2.28. The molecule has 2 aromatic rings. The number of hydrogen-bond donors (Lipinski definition) is 0. The van der Waals surface area contributed by atoms with Crippen molar-refractivity contribution >= 4 is 22.9 Å². The Labute approximate surface area is 153 Å². The van der Waals surface area contributed by atoms with Gasteiger partial charge in [-0.3, -0.25) is 4.79 Å². The number of aryl methyl sites for hydroxylation is 2. The fraction of sp³-hybridized carbons (Fsp3) is 0.450. The van der Waals surface area contributed by atoms with Crippen molar-refractivity contribution < 1.29 is 9.53 Å². The molecule has 2 heterocycles. The van der Waals surface area contributed by atoms with Crippen molar-refractivity contribution in [2.75, 3.05) is 31.6 Å². The zero-order valence-electron chi connectivity index (χ0n) is 14.8. The van der Waals surface area contributed by atoms with E-state index in [9.17, 15) is 4.79 Å². The third-order valence-corrected chi connectivity index (χ3v) is 6.31. The van der Waals surface area contributed by atoms with Gasteiger partial charge in [0, 0.05) is 18.5 Å². The van der Waals surface area contributed by atoms with Gasteiger partial charge < -0.3 is 14.5 Å². The molecule has 0 unspecified atom stereocenters. The molecule has 0 N–H and O–H groups in total. The van der Waals surface area contributed by atoms with Crippen molar-refractivity contribution in [1.29, 1.82) is 0 Å². The van der Waals surface area contributed by atoms with E-state index >= 15 is 0 Å². The minimum absolute atomic E-state index is 0.00407. The van der Waals surface area contributed by atoms with E-state index in [0.717, 1.165) is 42.2 Å². The van der Waals surface area contributed by atoms with E-state index in [1.807, 2.05) is 30.1 Å². The number of hydrogen-bond acceptors (Lipinski definition) is 4. The molecule has 2 aliphatic rings. The fourth-order valence-corrected chi connectivity index (χ4v) is 5.03. The number of carbonyl (C=O) groups is 1. The van der Waals surface area contributed by atoms with Crippen molar-refractivity contribution in [3.63, 3.8) is 0 Å². The van der Waals surface area contributed by atoms with Crippen LogP contribution in [-0.2, 0) is 12.8 Å². The molecule has 0 radical (unpaired) electrons. The molecule has 0 saturated carbocycles. The molecule has 1 aromatic carbocycles. The molecule has 132 valence electrons. The summed E-state index contributed by atoms with van der Waals surface area (Å²) in [4.78, 5) is 19.2. The van der Waals surface area contributed by atoms with E-state index < -0.39 is 0 Å². The molecule has 0 fully saturated rings. The largest absolute Gasteiger partial charge is 0.485 e. The van der Waals surface area contributed by atoms with Crippen molar-refractivity contribution in [2.45, 2.75) is 32.3 Å². The first kappa shape index (κ1) is 16.5. The summed E-state index contributed by atoms with van der Waals surface area (Å²) in [5, 5.41) is 0. The minimum Gasteiger partial charge on any atom is -0.485 e. The summed E-state index contributed by atoms with van der Waals surface area (Å²) in [7, 11) is 1.88. The molecule has 1 aromatic heterocycles. The lowest BCUT2D eigenvalue weighted by atomic mass is 10.1. The summed E-state index contributed by atoms with van der Waals surface area (Å²) < 4.78 is 6.15. The molecule has 4 nitrogen and oxygen atoms in total. The molecule has 1 aliphatic heterocycles. The van der Waals surface area contributed by atoms with E-state index in [4.69, 9.17) is 4.74 Å². The zero-order valence-corrected chi connectivity index (χ0v) is 15.6. The van der Waals surface area contributed by atoms with Gasteiger partial charge in [0.25, 0.3) is 5.91 Å². The maximum Gasteiger partial charge on any atom is 0.263 e. The van der Waals surface area contributed by atoms with Crippen molar-refractivity contribution in [3.05, 3.63) is 45.6 Å². The third kappa shape index (κ3) is 3.13. The van der Waals surface area contributed by atoms with Crippen LogP contribution in [0.5, 0.6) is 5.75 Å². The van der Waals surface area contributed by atoms with Crippen molar-refractivity contribution in [1.82, 2.24) is 4.90 Å². The number of fused-ring (bicyclic) bond motifs is 2. The number of anilines is 1. The van der Waals surface area contributed by atoms with Gasteiger partial charge >= 0.3 is 0 Å². The molecule has 5 heteroatoms. The number of amides is 1. The molecule has 1 amide bonds. The van der Waals surface area contributed by atoms with Crippen LogP contribution in [0.2, 0.25) is 0 Å². The molecule has 25 heavy (non-hydrogen) atoms.